The maximum Gasteiger partial charge on any atom is 0.317 e. The molecular weight excluding hydrogens is 362 g/mol. The lowest BCUT2D eigenvalue weighted by atomic mass is 10.1. The van der Waals surface area contributed by atoms with Crippen LogP contribution in [-0.4, -0.2) is 78.0 Å². The van der Waals surface area contributed by atoms with E-state index in [9.17, 15) is 9.59 Å². The fraction of sp³-hybridized carbons (Fsp3) is 0.647. The molecule has 0 aromatic carbocycles. The summed E-state index contributed by atoms with van der Waals surface area (Å²) in [5.41, 5.74) is 0. The SMILES string of the molecule is CN(Cc1ccc(Cl)s1)C(=O)CN1CCCC(N(C)CC(=O)O)CC1. The van der Waals surface area contributed by atoms with Crippen molar-refractivity contribution >= 4 is 34.8 Å². The normalized spacial score (nSPS) is 19.0. The number of hydrogen-bond donors (Lipinski definition) is 1. The van der Waals surface area contributed by atoms with E-state index < -0.39 is 5.97 Å². The predicted molar refractivity (Wildman–Crippen MR) is 100 cm³/mol. The van der Waals surface area contributed by atoms with Crippen molar-refractivity contribution in [3.63, 3.8) is 0 Å². The van der Waals surface area contributed by atoms with Gasteiger partial charge in [0.2, 0.25) is 5.91 Å². The van der Waals surface area contributed by atoms with E-state index in [0.29, 0.717) is 13.1 Å². The summed E-state index contributed by atoms with van der Waals surface area (Å²) in [6, 6.07) is 4.07. The minimum absolute atomic E-state index is 0.0652. The Balaban J connectivity index is 1.80. The number of carbonyl (C=O) groups is 2. The average Bonchev–Trinajstić information content (AvgIpc) is 2.80. The summed E-state index contributed by atoms with van der Waals surface area (Å²) >= 11 is 7.43. The number of carbonyl (C=O) groups excluding carboxylic acids is 1. The molecule has 1 saturated heterocycles. The minimum Gasteiger partial charge on any atom is -0.480 e. The number of amides is 1. The van der Waals surface area contributed by atoms with Crippen LogP contribution in [0.25, 0.3) is 0 Å². The van der Waals surface area contributed by atoms with Crippen LogP contribution in [-0.2, 0) is 16.1 Å². The number of likely N-dealkylation sites (N-methyl/N-ethyl adjacent to an activating group) is 2. The molecule has 1 aromatic heterocycles. The van der Waals surface area contributed by atoms with Gasteiger partial charge in [0.15, 0.2) is 0 Å². The third-order valence-electron chi connectivity index (χ3n) is 4.60. The molecule has 1 fully saturated rings. The van der Waals surface area contributed by atoms with E-state index in [-0.39, 0.29) is 18.5 Å². The molecule has 0 bridgehead atoms. The fourth-order valence-electron chi connectivity index (χ4n) is 3.15. The van der Waals surface area contributed by atoms with Crippen LogP contribution in [0.2, 0.25) is 4.34 Å². The first-order valence-electron chi connectivity index (χ1n) is 8.47. The summed E-state index contributed by atoms with van der Waals surface area (Å²) in [6.07, 6.45) is 2.84. The van der Waals surface area contributed by atoms with Gasteiger partial charge >= 0.3 is 5.97 Å². The lowest BCUT2D eigenvalue weighted by Gasteiger charge is -2.26. The first-order valence-corrected chi connectivity index (χ1v) is 9.67. The first kappa shape index (κ1) is 20.2. The van der Waals surface area contributed by atoms with Crippen LogP contribution in [0.4, 0.5) is 0 Å². The van der Waals surface area contributed by atoms with Gasteiger partial charge in [-0.3, -0.25) is 19.4 Å². The van der Waals surface area contributed by atoms with Crippen LogP contribution in [0, 0.1) is 0 Å². The molecule has 1 aromatic rings. The lowest BCUT2D eigenvalue weighted by molar-refractivity contribution is -0.138. The minimum atomic E-state index is -0.797. The highest BCUT2D eigenvalue weighted by Gasteiger charge is 2.23. The average molecular weight is 388 g/mol. The Kier molecular flexibility index (Phi) is 7.68. The summed E-state index contributed by atoms with van der Waals surface area (Å²) in [6.45, 7) is 2.75. The number of carboxylic acid groups (broad SMARTS) is 1. The molecule has 1 amide bonds. The molecule has 1 aliphatic heterocycles. The van der Waals surface area contributed by atoms with Gasteiger partial charge in [0.05, 0.1) is 24.0 Å². The molecule has 2 rings (SSSR count). The molecule has 0 radical (unpaired) electrons. The van der Waals surface area contributed by atoms with E-state index in [2.05, 4.69) is 4.90 Å². The Hall–Kier alpha value is -1.15. The van der Waals surface area contributed by atoms with E-state index in [4.69, 9.17) is 16.7 Å². The van der Waals surface area contributed by atoms with Crippen LogP contribution in [0.15, 0.2) is 12.1 Å². The third-order valence-corrected chi connectivity index (χ3v) is 5.82. The van der Waals surface area contributed by atoms with Crippen LogP contribution in [0.3, 0.4) is 0 Å². The molecule has 1 N–H and O–H groups in total. The van der Waals surface area contributed by atoms with Crippen molar-refractivity contribution in [2.75, 3.05) is 40.3 Å². The summed E-state index contributed by atoms with van der Waals surface area (Å²) in [5, 5.41) is 8.93. The number of likely N-dealkylation sites (tertiary alicyclic amines) is 1. The highest BCUT2D eigenvalue weighted by Crippen LogP contribution is 2.22. The third kappa shape index (κ3) is 6.58. The zero-order chi connectivity index (χ0) is 18.4. The maximum atomic E-state index is 12.5. The molecular formula is C17H26ClN3O3S. The van der Waals surface area contributed by atoms with E-state index in [1.54, 1.807) is 4.90 Å². The second-order valence-corrected chi connectivity index (χ2v) is 8.42. The Morgan fingerprint density at radius 3 is 2.72 bits per heavy atom. The number of halogens is 1. The molecule has 0 aliphatic carbocycles. The molecule has 140 valence electrons. The predicted octanol–water partition coefficient (Wildman–Crippen LogP) is 2.23. The smallest absolute Gasteiger partial charge is 0.317 e. The number of thiophene rings is 1. The number of aliphatic carboxylic acids is 1. The zero-order valence-corrected chi connectivity index (χ0v) is 16.4. The molecule has 1 aliphatic rings. The van der Waals surface area contributed by atoms with Crippen LogP contribution < -0.4 is 0 Å². The monoisotopic (exact) mass is 387 g/mol. The van der Waals surface area contributed by atoms with Crippen molar-refractivity contribution in [3.05, 3.63) is 21.3 Å². The molecule has 1 atom stereocenters. The van der Waals surface area contributed by atoms with Crippen molar-refractivity contribution in [1.29, 1.82) is 0 Å². The maximum absolute atomic E-state index is 12.5. The Morgan fingerprint density at radius 1 is 1.32 bits per heavy atom. The van der Waals surface area contributed by atoms with Gasteiger partial charge < -0.3 is 10.0 Å². The van der Waals surface area contributed by atoms with Crippen molar-refractivity contribution in [3.8, 4) is 0 Å². The van der Waals surface area contributed by atoms with Crippen molar-refractivity contribution in [2.24, 2.45) is 0 Å². The summed E-state index contributed by atoms with van der Waals surface area (Å²) in [7, 11) is 3.68. The highest BCUT2D eigenvalue weighted by atomic mass is 35.5. The van der Waals surface area contributed by atoms with Gasteiger partial charge in [-0.05, 0) is 45.0 Å². The summed E-state index contributed by atoms with van der Waals surface area (Å²) < 4.78 is 0.736. The van der Waals surface area contributed by atoms with E-state index in [1.165, 1.54) is 11.3 Å². The zero-order valence-electron chi connectivity index (χ0n) is 14.8. The second kappa shape index (κ2) is 9.52. The summed E-state index contributed by atoms with van der Waals surface area (Å²) in [5.74, 6) is -0.698. The number of hydrogen-bond acceptors (Lipinski definition) is 5. The Morgan fingerprint density at radius 2 is 2.08 bits per heavy atom. The highest BCUT2D eigenvalue weighted by molar-refractivity contribution is 7.16. The van der Waals surface area contributed by atoms with E-state index in [1.807, 2.05) is 31.1 Å². The molecule has 0 saturated carbocycles. The first-order chi connectivity index (χ1) is 11.8. The van der Waals surface area contributed by atoms with Gasteiger partial charge in [0.25, 0.3) is 0 Å². The Labute approximate surface area is 158 Å². The van der Waals surface area contributed by atoms with Crippen LogP contribution in [0.1, 0.15) is 24.1 Å². The van der Waals surface area contributed by atoms with Crippen LogP contribution in [0.5, 0.6) is 0 Å². The standard InChI is InChI=1S/C17H26ClN3O3S/c1-19(12-17(23)24)13-4-3-8-21(9-7-13)11-16(22)20(2)10-14-5-6-15(18)25-14/h5-6,13H,3-4,7-12H2,1-2H3,(H,23,24). The van der Waals surface area contributed by atoms with Crippen molar-refractivity contribution in [2.45, 2.75) is 31.8 Å². The number of nitrogens with zero attached hydrogens (tertiary/aromatic N) is 3. The lowest BCUT2D eigenvalue weighted by Crippen LogP contribution is -2.39. The number of rotatable bonds is 7. The van der Waals surface area contributed by atoms with Crippen molar-refractivity contribution in [1.82, 2.24) is 14.7 Å². The molecule has 1 unspecified atom stereocenters. The topological polar surface area (TPSA) is 64.1 Å². The fourth-order valence-corrected chi connectivity index (χ4v) is 4.29. The number of carboxylic acids is 1. The van der Waals surface area contributed by atoms with E-state index >= 15 is 0 Å². The van der Waals surface area contributed by atoms with Gasteiger partial charge in [-0.1, -0.05) is 11.6 Å². The van der Waals surface area contributed by atoms with Crippen molar-refractivity contribution < 1.29 is 14.7 Å². The second-order valence-electron chi connectivity index (χ2n) is 6.63. The van der Waals surface area contributed by atoms with E-state index in [0.717, 1.165) is 41.6 Å². The van der Waals surface area contributed by atoms with Gasteiger partial charge in [-0.25, -0.2) is 0 Å². The van der Waals surface area contributed by atoms with Gasteiger partial charge in [0.1, 0.15) is 0 Å². The summed E-state index contributed by atoms with van der Waals surface area (Å²) in [4.78, 5) is 30.2. The molecule has 2 heterocycles. The quantitative estimate of drug-likeness (QED) is 0.777. The van der Waals surface area contributed by atoms with Gasteiger partial charge in [-0.2, -0.15) is 0 Å². The largest absolute Gasteiger partial charge is 0.480 e. The Bertz CT molecular complexity index is 595. The molecule has 0 spiro atoms. The van der Waals surface area contributed by atoms with Crippen LogP contribution >= 0.6 is 22.9 Å². The van der Waals surface area contributed by atoms with Gasteiger partial charge in [-0.15, -0.1) is 11.3 Å². The molecule has 25 heavy (non-hydrogen) atoms. The molecule has 6 nitrogen and oxygen atoms in total. The van der Waals surface area contributed by atoms with Gasteiger partial charge in [0, 0.05) is 24.5 Å². The molecule has 8 heteroatoms.